The number of rotatable bonds is 5. The van der Waals surface area contributed by atoms with Gasteiger partial charge in [-0.05, 0) is 24.1 Å². The van der Waals surface area contributed by atoms with Gasteiger partial charge in [0.1, 0.15) is 5.78 Å². The Kier molecular flexibility index (Phi) is 4.49. The molecule has 0 fully saturated rings. The minimum absolute atomic E-state index is 0.113. The van der Waals surface area contributed by atoms with Crippen LogP contribution in [0.3, 0.4) is 0 Å². The fraction of sp³-hybridized carbons (Fsp3) is 0.364. The van der Waals surface area contributed by atoms with Gasteiger partial charge in [-0.3, -0.25) is 4.79 Å². The van der Waals surface area contributed by atoms with Crippen LogP contribution in [0.2, 0.25) is 0 Å². The van der Waals surface area contributed by atoms with Gasteiger partial charge in [-0.1, -0.05) is 6.07 Å². The fourth-order valence-corrected chi connectivity index (χ4v) is 1.40. The van der Waals surface area contributed by atoms with Gasteiger partial charge < -0.3 is 9.84 Å². The number of ether oxygens (including phenoxy) is 1. The monoisotopic (exact) mass is 226 g/mol. The molecule has 0 saturated carbocycles. The van der Waals surface area contributed by atoms with Crippen LogP contribution < -0.4 is 4.74 Å². The molecule has 0 spiro atoms. The fourth-order valence-electron chi connectivity index (χ4n) is 1.24. The van der Waals surface area contributed by atoms with Crippen LogP contribution in [0, 0.1) is 0 Å². The minimum Gasteiger partial charge on any atom is -0.504 e. The number of carbonyl (C=O) groups is 1. The van der Waals surface area contributed by atoms with Crippen molar-refractivity contribution in [1.82, 2.24) is 0 Å². The van der Waals surface area contributed by atoms with Crippen LogP contribution >= 0.6 is 12.6 Å². The molecule has 1 N–H and O–H groups in total. The maximum absolute atomic E-state index is 11.0. The summed E-state index contributed by atoms with van der Waals surface area (Å²) >= 11 is 3.90. The van der Waals surface area contributed by atoms with Gasteiger partial charge in [0.05, 0.1) is 7.11 Å². The third kappa shape index (κ3) is 3.47. The van der Waals surface area contributed by atoms with Crippen LogP contribution in [-0.4, -0.2) is 23.8 Å². The first kappa shape index (κ1) is 11.9. The molecule has 15 heavy (non-hydrogen) atoms. The van der Waals surface area contributed by atoms with Crippen LogP contribution in [0.5, 0.6) is 11.5 Å². The van der Waals surface area contributed by atoms with Gasteiger partial charge in [0.15, 0.2) is 11.5 Å². The first-order valence-corrected chi connectivity index (χ1v) is 5.29. The number of methoxy groups -OCH3 is 1. The molecule has 0 aliphatic heterocycles. The highest BCUT2D eigenvalue weighted by Gasteiger charge is 2.04. The Morgan fingerprint density at radius 2 is 2.27 bits per heavy atom. The smallest absolute Gasteiger partial charge is 0.160 e. The van der Waals surface area contributed by atoms with E-state index < -0.39 is 0 Å². The first-order chi connectivity index (χ1) is 7.17. The van der Waals surface area contributed by atoms with Gasteiger partial charge in [-0.25, -0.2) is 0 Å². The zero-order valence-corrected chi connectivity index (χ0v) is 9.46. The summed E-state index contributed by atoms with van der Waals surface area (Å²) in [5, 5.41) is 9.35. The number of aromatic hydroxyl groups is 1. The number of hydrogen-bond donors (Lipinski definition) is 2. The Balaban J connectivity index is 2.66. The topological polar surface area (TPSA) is 46.5 Å². The largest absolute Gasteiger partial charge is 0.504 e. The SMILES string of the molecule is COc1cc(CCC(=O)CS)ccc1O. The third-order valence-electron chi connectivity index (χ3n) is 2.11. The summed E-state index contributed by atoms with van der Waals surface area (Å²) in [5.41, 5.74) is 0.972. The summed E-state index contributed by atoms with van der Waals surface area (Å²) < 4.78 is 4.97. The molecule has 0 bridgehead atoms. The summed E-state index contributed by atoms with van der Waals surface area (Å²) in [6, 6.07) is 5.09. The second-order valence-electron chi connectivity index (χ2n) is 3.20. The van der Waals surface area contributed by atoms with E-state index in [1.165, 1.54) is 7.11 Å². The van der Waals surface area contributed by atoms with Crippen molar-refractivity contribution in [3.63, 3.8) is 0 Å². The maximum atomic E-state index is 11.0. The second kappa shape index (κ2) is 5.66. The van der Waals surface area contributed by atoms with Crippen LogP contribution in [0.4, 0.5) is 0 Å². The molecule has 0 amide bonds. The van der Waals surface area contributed by atoms with Crippen molar-refractivity contribution in [2.45, 2.75) is 12.8 Å². The lowest BCUT2D eigenvalue weighted by molar-refractivity contribution is -0.116. The number of hydrogen-bond acceptors (Lipinski definition) is 4. The lowest BCUT2D eigenvalue weighted by Gasteiger charge is -2.05. The Morgan fingerprint density at radius 1 is 1.53 bits per heavy atom. The highest BCUT2D eigenvalue weighted by atomic mass is 32.1. The highest BCUT2D eigenvalue weighted by molar-refractivity contribution is 7.81. The average molecular weight is 226 g/mol. The van der Waals surface area contributed by atoms with E-state index in [9.17, 15) is 9.90 Å². The van der Waals surface area contributed by atoms with Gasteiger partial charge >= 0.3 is 0 Å². The van der Waals surface area contributed by atoms with E-state index in [1.807, 2.05) is 0 Å². The van der Waals surface area contributed by atoms with Crippen LogP contribution in [0.15, 0.2) is 18.2 Å². The Hall–Kier alpha value is -1.16. The van der Waals surface area contributed by atoms with E-state index >= 15 is 0 Å². The molecule has 0 atom stereocenters. The van der Waals surface area contributed by atoms with Crippen LogP contribution in [-0.2, 0) is 11.2 Å². The van der Waals surface area contributed by atoms with Crippen LogP contribution in [0.1, 0.15) is 12.0 Å². The molecule has 82 valence electrons. The number of phenolic OH excluding ortho intramolecular Hbond substituents is 1. The van der Waals surface area contributed by atoms with E-state index in [1.54, 1.807) is 18.2 Å². The Bertz CT molecular complexity index is 350. The molecule has 0 aromatic heterocycles. The predicted octanol–water partition coefficient (Wildman–Crippen LogP) is 1.83. The molecular formula is C11H14O3S. The number of thiol groups is 1. The Morgan fingerprint density at radius 3 is 2.87 bits per heavy atom. The van der Waals surface area contributed by atoms with Crippen molar-refractivity contribution in [2.75, 3.05) is 12.9 Å². The van der Waals surface area contributed by atoms with E-state index in [-0.39, 0.29) is 17.3 Å². The molecule has 4 heteroatoms. The molecular weight excluding hydrogens is 212 g/mol. The minimum atomic E-state index is 0.113. The Labute approximate surface area is 94.5 Å². The molecule has 3 nitrogen and oxygen atoms in total. The molecule has 0 unspecified atom stereocenters. The predicted molar refractivity (Wildman–Crippen MR) is 61.8 cm³/mol. The number of Topliss-reactive ketones (excluding diaryl/α,β-unsaturated/α-hetero) is 1. The van der Waals surface area contributed by atoms with E-state index in [0.717, 1.165) is 5.56 Å². The highest BCUT2D eigenvalue weighted by Crippen LogP contribution is 2.26. The lowest BCUT2D eigenvalue weighted by atomic mass is 10.1. The molecule has 0 aliphatic rings. The summed E-state index contributed by atoms with van der Waals surface area (Å²) in [6.45, 7) is 0. The van der Waals surface area contributed by atoms with Gasteiger partial charge in [-0.2, -0.15) is 12.6 Å². The quantitative estimate of drug-likeness (QED) is 0.753. The normalized spacial score (nSPS) is 10.0. The van der Waals surface area contributed by atoms with Gasteiger partial charge in [0.25, 0.3) is 0 Å². The van der Waals surface area contributed by atoms with Gasteiger partial charge in [0.2, 0.25) is 0 Å². The van der Waals surface area contributed by atoms with Crippen LogP contribution in [0.25, 0.3) is 0 Å². The van der Waals surface area contributed by atoms with Crippen molar-refractivity contribution in [3.8, 4) is 11.5 Å². The molecule has 0 saturated heterocycles. The van der Waals surface area contributed by atoms with E-state index in [0.29, 0.717) is 18.6 Å². The van der Waals surface area contributed by atoms with E-state index in [2.05, 4.69) is 12.6 Å². The van der Waals surface area contributed by atoms with Gasteiger partial charge in [-0.15, -0.1) is 0 Å². The van der Waals surface area contributed by atoms with Crippen molar-refractivity contribution in [1.29, 1.82) is 0 Å². The molecule has 0 radical (unpaired) electrons. The average Bonchev–Trinajstić information content (AvgIpc) is 2.27. The number of carbonyl (C=O) groups excluding carboxylic acids is 1. The standard InChI is InChI=1S/C11H14O3S/c1-14-11-6-8(3-5-10(11)13)2-4-9(12)7-15/h3,5-6,13,15H,2,4,7H2,1H3. The summed E-state index contributed by atoms with van der Waals surface area (Å²) in [4.78, 5) is 11.0. The van der Waals surface area contributed by atoms with E-state index in [4.69, 9.17) is 4.74 Å². The molecule has 1 aromatic carbocycles. The number of ketones is 1. The third-order valence-corrected chi connectivity index (χ3v) is 2.47. The van der Waals surface area contributed by atoms with Crippen molar-refractivity contribution in [2.24, 2.45) is 0 Å². The zero-order valence-electron chi connectivity index (χ0n) is 8.56. The maximum Gasteiger partial charge on any atom is 0.160 e. The molecule has 0 aliphatic carbocycles. The summed E-state index contributed by atoms with van der Waals surface area (Å²) in [5.74, 6) is 0.938. The van der Waals surface area contributed by atoms with Crippen molar-refractivity contribution in [3.05, 3.63) is 23.8 Å². The number of phenols is 1. The first-order valence-electron chi connectivity index (χ1n) is 4.66. The second-order valence-corrected chi connectivity index (χ2v) is 3.52. The van der Waals surface area contributed by atoms with Crippen molar-refractivity contribution < 1.29 is 14.6 Å². The molecule has 1 rings (SSSR count). The van der Waals surface area contributed by atoms with Crippen molar-refractivity contribution >= 4 is 18.4 Å². The summed E-state index contributed by atoms with van der Waals surface area (Å²) in [6.07, 6.45) is 1.12. The summed E-state index contributed by atoms with van der Waals surface area (Å²) in [7, 11) is 1.50. The number of benzene rings is 1. The number of aryl methyl sites for hydroxylation is 1. The molecule has 0 heterocycles. The lowest BCUT2D eigenvalue weighted by Crippen LogP contribution is -2.01. The molecule has 1 aromatic rings. The zero-order chi connectivity index (χ0) is 11.3. The van der Waals surface area contributed by atoms with Gasteiger partial charge in [0, 0.05) is 12.2 Å².